The maximum atomic E-state index is 5.50. The Hall–Kier alpha value is -0.840. The Morgan fingerprint density at radius 2 is 1.70 bits per heavy atom. The fourth-order valence-corrected chi connectivity index (χ4v) is 2.84. The highest BCUT2D eigenvalue weighted by molar-refractivity contribution is 9.10. The number of methoxy groups -OCH3 is 1. The van der Waals surface area contributed by atoms with Gasteiger partial charge in [0.2, 0.25) is 0 Å². The SMILES string of the molecule is CCNC(c1ccc(Br)cc1)c1cc(Br)ccc1OC. The molecule has 0 aromatic heterocycles. The molecule has 0 spiro atoms. The van der Waals surface area contributed by atoms with Gasteiger partial charge in [-0.25, -0.2) is 0 Å². The van der Waals surface area contributed by atoms with Crippen LogP contribution >= 0.6 is 31.9 Å². The van der Waals surface area contributed by atoms with Crippen LogP contribution in [0.5, 0.6) is 5.75 Å². The van der Waals surface area contributed by atoms with Crippen LogP contribution in [0.4, 0.5) is 0 Å². The van der Waals surface area contributed by atoms with E-state index in [0.29, 0.717) is 0 Å². The van der Waals surface area contributed by atoms with E-state index < -0.39 is 0 Å². The van der Waals surface area contributed by atoms with Gasteiger partial charge in [-0.3, -0.25) is 0 Å². The number of hydrogen-bond donors (Lipinski definition) is 1. The molecule has 4 heteroatoms. The zero-order chi connectivity index (χ0) is 14.5. The highest BCUT2D eigenvalue weighted by Crippen LogP contribution is 2.32. The molecule has 2 aromatic carbocycles. The first-order valence-corrected chi connectivity index (χ1v) is 8.06. The molecule has 0 fully saturated rings. The predicted octanol–water partition coefficient (Wildman–Crippen LogP) is 4.92. The summed E-state index contributed by atoms with van der Waals surface area (Å²) in [5.41, 5.74) is 2.34. The molecule has 1 N–H and O–H groups in total. The lowest BCUT2D eigenvalue weighted by Gasteiger charge is -2.21. The second-order valence-electron chi connectivity index (χ2n) is 4.43. The zero-order valence-electron chi connectivity index (χ0n) is 11.5. The van der Waals surface area contributed by atoms with E-state index in [1.807, 2.05) is 12.1 Å². The maximum Gasteiger partial charge on any atom is 0.124 e. The first-order valence-electron chi connectivity index (χ1n) is 6.48. The van der Waals surface area contributed by atoms with Crippen molar-refractivity contribution in [2.45, 2.75) is 13.0 Å². The van der Waals surface area contributed by atoms with Crippen molar-refractivity contribution in [3.05, 3.63) is 62.5 Å². The molecule has 1 atom stereocenters. The minimum absolute atomic E-state index is 0.112. The Labute approximate surface area is 136 Å². The van der Waals surface area contributed by atoms with Gasteiger partial charge in [0, 0.05) is 14.5 Å². The minimum Gasteiger partial charge on any atom is -0.496 e. The molecule has 0 saturated heterocycles. The third-order valence-electron chi connectivity index (χ3n) is 3.11. The van der Waals surface area contributed by atoms with Crippen molar-refractivity contribution >= 4 is 31.9 Å². The van der Waals surface area contributed by atoms with Crippen LogP contribution in [0.25, 0.3) is 0 Å². The van der Waals surface area contributed by atoms with Crippen LogP contribution in [0.3, 0.4) is 0 Å². The summed E-state index contributed by atoms with van der Waals surface area (Å²) in [6.45, 7) is 2.99. The normalized spacial score (nSPS) is 12.2. The molecule has 1 unspecified atom stereocenters. The van der Waals surface area contributed by atoms with Crippen molar-refractivity contribution in [3.63, 3.8) is 0 Å². The molecule has 0 aliphatic carbocycles. The number of rotatable bonds is 5. The summed E-state index contributed by atoms with van der Waals surface area (Å²) in [5, 5.41) is 3.52. The standard InChI is InChI=1S/C16H17Br2NO/c1-3-19-16(11-4-6-12(17)7-5-11)14-10-13(18)8-9-15(14)20-2/h4-10,16,19H,3H2,1-2H3. The van der Waals surface area contributed by atoms with Crippen LogP contribution in [0, 0.1) is 0 Å². The van der Waals surface area contributed by atoms with E-state index in [1.165, 1.54) is 5.56 Å². The van der Waals surface area contributed by atoms with Crippen molar-refractivity contribution in [1.82, 2.24) is 5.32 Å². The number of halogens is 2. The van der Waals surface area contributed by atoms with E-state index >= 15 is 0 Å². The molecule has 0 heterocycles. The smallest absolute Gasteiger partial charge is 0.124 e. The van der Waals surface area contributed by atoms with Crippen molar-refractivity contribution in [2.24, 2.45) is 0 Å². The lowest BCUT2D eigenvalue weighted by atomic mass is 9.98. The first-order chi connectivity index (χ1) is 9.65. The van der Waals surface area contributed by atoms with Crippen LogP contribution < -0.4 is 10.1 Å². The molecular weight excluding hydrogens is 382 g/mol. The van der Waals surface area contributed by atoms with E-state index in [9.17, 15) is 0 Å². The molecule has 2 aromatic rings. The lowest BCUT2D eigenvalue weighted by molar-refractivity contribution is 0.404. The average molecular weight is 399 g/mol. The number of nitrogens with one attached hydrogen (secondary N) is 1. The van der Waals surface area contributed by atoms with Gasteiger partial charge in [-0.15, -0.1) is 0 Å². The molecule has 0 amide bonds. The molecule has 0 aliphatic heterocycles. The fraction of sp³-hybridized carbons (Fsp3) is 0.250. The Balaban J connectivity index is 2.47. The predicted molar refractivity (Wildman–Crippen MR) is 90.4 cm³/mol. The van der Waals surface area contributed by atoms with Crippen molar-refractivity contribution in [1.29, 1.82) is 0 Å². The van der Waals surface area contributed by atoms with Gasteiger partial charge in [-0.05, 0) is 42.4 Å². The molecule has 0 aliphatic rings. The van der Waals surface area contributed by atoms with Crippen LogP contribution in [-0.2, 0) is 0 Å². The Bertz CT molecular complexity index is 569. The van der Waals surface area contributed by atoms with Crippen molar-refractivity contribution < 1.29 is 4.74 Å². The largest absolute Gasteiger partial charge is 0.496 e. The second-order valence-corrected chi connectivity index (χ2v) is 6.26. The first kappa shape index (κ1) is 15.5. The second kappa shape index (κ2) is 7.25. The van der Waals surface area contributed by atoms with Gasteiger partial charge in [0.1, 0.15) is 5.75 Å². The Kier molecular flexibility index (Phi) is 5.64. The van der Waals surface area contributed by atoms with Gasteiger partial charge in [0.05, 0.1) is 13.2 Å². The average Bonchev–Trinajstić information content (AvgIpc) is 2.46. The third-order valence-corrected chi connectivity index (χ3v) is 4.14. The summed E-state index contributed by atoms with van der Waals surface area (Å²) in [7, 11) is 1.71. The monoisotopic (exact) mass is 397 g/mol. The lowest BCUT2D eigenvalue weighted by Crippen LogP contribution is -2.22. The van der Waals surface area contributed by atoms with Crippen LogP contribution in [0.1, 0.15) is 24.1 Å². The van der Waals surface area contributed by atoms with Crippen LogP contribution in [0.15, 0.2) is 51.4 Å². The van der Waals surface area contributed by atoms with E-state index in [4.69, 9.17) is 4.74 Å². The van der Waals surface area contributed by atoms with Gasteiger partial charge in [0.25, 0.3) is 0 Å². The summed E-state index contributed by atoms with van der Waals surface area (Å²) >= 11 is 7.02. The zero-order valence-corrected chi connectivity index (χ0v) is 14.7. The van der Waals surface area contributed by atoms with Gasteiger partial charge in [-0.2, -0.15) is 0 Å². The molecule has 0 saturated carbocycles. The molecule has 2 rings (SSSR count). The summed E-state index contributed by atoms with van der Waals surface area (Å²) in [6.07, 6.45) is 0. The third kappa shape index (κ3) is 3.62. The van der Waals surface area contributed by atoms with Crippen LogP contribution in [-0.4, -0.2) is 13.7 Å². The highest BCUT2D eigenvalue weighted by Gasteiger charge is 2.17. The fourth-order valence-electron chi connectivity index (χ4n) is 2.20. The number of hydrogen-bond acceptors (Lipinski definition) is 2. The van der Waals surface area contributed by atoms with E-state index in [0.717, 1.165) is 26.8 Å². The van der Waals surface area contributed by atoms with Gasteiger partial charge in [-0.1, -0.05) is 50.9 Å². The summed E-state index contributed by atoms with van der Waals surface area (Å²) in [6, 6.07) is 14.6. The van der Waals surface area contributed by atoms with E-state index in [-0.39, 0.29) is 6.04 Å². The van der Waals surface area contributed by atoms with E-state index in [1.54, 1.807) is 7.11 Å². The van der Waals surface area contributed by atoms with Crippen molar-refractivity contribution in [2.75, 3.05) is 13.7 Å². The molecule has 106 valence electrons. The summed E-state index contributed by atoms with van der Waals surface area (Å²) < 4.78 is 7.63. The van der Waals surface area contributed by atoms with Gasteiger partial charge < -0.3 is 10.1 Å². The minimum atomic E-state index is 0.112. The summed E-state index contributed by atoms with van der Waals surface area (Å²) in [4.78, 5) is 0. The Morgan fingerprint density at radius 1 is 1.05 bits per heavy atom. The molecule has 0 radical (unpaired) electrons. The quantitative estimate of drug-likeness (QED) is 0.771. The Morgan fingerprint density at radius 3 is 2.30 bits per heavy atom. The van der Waals surface area contributed by atoms with Crippen molar-refractivity contribution in [3.8, 4) is 5.75 Å². The highest BCUT2D eigenvalue weighted by atomic mass is 79.9. The number of benzene rings is 2. The molecule has 0 bridgehead atoms. The molecular formula is C16H17Br2NO. The maximum absolute atomic E-state index is 5.50. The van der Waals surface area contributed by atoms with Crippen LogP contribution in [0.2, 0.25) is 0 Å². The van der Waals surface area contributed by atoms with Gasteiger partial charge >= 0.3 is 0 Å². The number of ether oxygens (including phenoxy) is 1. The summed E-state index contributed by atoms with van der Waals surface area (Å²) in [5.74, 6) is 0.891. The molecule has 20 heavy (non-hydrogen) atoms. The van der Waals surface area contributed by atoms with Gasteiger partial charge in [0.15, 0.2) is 0 Å². The molecule has 2 nitrogen and oxygen atoms in total. The topological polar surface area (TPSA) is 21.3 Å². The van der Waals surface area contributed by atoms with E-state index in [2.05, 4.69) is 74.4 Å².